The minimum Gasteiger partial charge on any atom is -0.497 e. The van der Waals surface area contributed by atoms with Crippen molar-refractivity contribution in [3.05, 3.63) is 51.1 Å². The summed E-state index contributed by atoms with van der Waals surface area (Å²) >= 11 is 0. The first-order valence-electron chi connectivity index (χ1n) is 9.36. The maximum Gasteiger partial charge on any atom is 0.266 e. The van der Waals surface area contributed by atoms with E-state index in [-0.39, 0.29) is 5.56 Å². The van der Waals surface area contributed by atoms with E-state index >= 15 is 0 Å². The summed E-state index contributed by atoms with van der Waals surface area (Å²) in [7, 11) is 1.65. The molecule has 0 saturated carbocycles. The smallest absolute Gasteiger partial charge is 0.266 e. The maximum absolute atomic E-state index is 12.5. The number of hydrogen-bond acceptors (Lipinski definition) is 5. The molecule has 0 atom stereocenters. The van der Waals surface area contributed by atoms with Gasteiger partial charge in [-0.15, -0.1) is 0 Å². The van der Waals surface area contributed by atoms with Gasteiger partial charge in [0.25, 0.3) is 5.56 Å². The summed E-state index contributed by atoms with van der Waals surface area (Å²) in [5, 5.41) is 9.62. The normalized spacial score (nSPS) is 14.9. The van der Waals surface area contributed by atoms with Crippen molar-refractivity contribution in [3.63, 3.8) is 0 Å². The lowest BCUT2D eigenvalue weighted by Gasteiger charge is -2.20. The molecule has 1 aromatic heterocycles. The van der Waals surface area contributed by atoms with Crippen LogP contribution in [0.4, 0.5) is 5.82 Å². The zero-order chi connectivity index (χ0) is 19.2. The zero-order valence-electron chi connectivity index (χ0n) is 15.9. The molecular weight excluding hydrogens is 344 g/mol. The van der Waals surface area contributed by atoms with Crippen LogP contribution in [-0.4, -0.2) is 42.5 Å². The van der Waals surface area contributed by atoms with Crippen molar-refractivity contribution in [2.75, 3.05) is 20.3 Å². The number of quaternary nitrogens is 1. The minimum atomic E-state index is -0.264. The molecular formula is C20H27N4O3+. The van der Waals surface area contributed by atoms with Gasteiger partial charge in [0.1, 0.15) is 17.1 Å². The molecule has 0 aliphatic carbocycles. The summed E-state index contributed by atoms with van der Waals surface area (Å²) in [4.78, 5) is 20.0. The van der Waals surface area contributed by atoms with E-state index in [0.29, 0.717) is 29.7 Å². The number of nitrogens with two attached hydrogens (primary N) is 1. The molecule has 2 heterocycles. The number of aromatic amines is 1. The van der Waals surface area contributed by atoms with E-state index in [1.54, 1.807) is 7.11 Å². The summed E-state index contributed by atoms with van der Waals surface area (Å²) in [6.07, 6.45) is 4.33. The Kier molecular flexibility index (Phi) is 6.36. The molecule has 2 aromatic rings. The lowest BCUT2D eigenvalue weighted by Crippen LogP contribution is -2.86. The van der Waals surface area contributed by atoms with Crippen molar-refractivity contribution in [2.24, 2.45) is 0 Å². The number of aryl methyl sites for hydroxylation is 1. The summed E-state index contributed by atoms with van der Waals surface area (Å²) in [5.74, 6) is 2.04. The van der Waals surface area contributed by atoms with Crippen LogP contribution in [0.1, 0.15) is 42.3 Å². The molecule has 1 aliphatic rings. The molecule has 27 heavy (non-hydrogen) atoms. The van der Waals surface area contributed by atoms with Crippen molar-refractivity contribution in [2.45, 2.75) is 38.6 Å². The quantitative estimate of drug-likeness (QED) is 0.638. The van der Waals surface area contributed by atoms with E-state index in [1.807, 2.05) is 23.5 Å². The van der Waals surface area contributed by atoms with Crippen LogP contribution in [0.25, 0.3) is 0 Å². The number of rotatable bonds is 7. The average molecular weight is 371 g/mol. The van der Waals surface area contributed by atoms with Gasteiger partial charge in [0.2, 0.25) is 5.82 Å². The van der Waals surface area contributed by atoms with Gasteiger partial charge >= 0.3 is 0 Å². The molecule has 1 aromatic carbocycles. The molecule has 1 saturated heterocycles. The number of aromatic nitrogens is 2. The Labute approximate surface area is 158 Å². The fraction of sp³-hybridized carbons (Fsp3) is 0.450. The van der Waals surface area contributed by atoms with Gasteiger partial charge < -0.3 is 19.9 Å². The van der Waals surface area contributed by atoms with Gasteiger partial charge in [-0.1, -0.05) is 13.0 Å². The van der Waals surface area contributed by atoms with E-state index in [1.165, 1.54) is 5.56 Å². The highest BCUT2D eigenvalue weighted by molar-refractivity contribution is 5.80. The van der Waals surface area contributed by atoms with E-state index < -0.39 is 0 Å². The lowest BCUT2D eigenvalue weighted by molar-refractivity contribution is -0.619. The largest absolute Gasteiger partial charge is 0.497 e. The maximum atomic E-state index is 12.5. The van der Waals surface area contributed by atoms with Crippen LogP contribution in [0.2, 0.25) is 0 Å². The van der Waals surface area contributed by atoms with E-state index in [4.69, 9.17) is 14.9 Å². The van der Waals surface area contributed by atoms with Gasteiger partial charge in [-0.05, 0) is 29.7 Å². The predicted octanol–water partition coefficient (Wildman–Crippen LogP) is 1.30. The molecule has 0 bridgehead atoms. The Morgan fingerprint density at radius 2 is 2.15 bits per heavy atom. The Balaban J connectivity index is 1.89. The van der Waals surface area contributed by atoms with Crippen molar-refractivity contribution >= 4 is 12.0 Å². The van der Waals surface area contributed by atoms with Crippen LogP contribution in [0.5, 0.6) is 5.75 Å². The van der Waals surface area contributed by atoms with E-state index in [0.717, 1.165) is 50.0 Å². The fourth-order valence-corrected chi connectivity index (χ4v) is 3.42. The third-order valence-electron chi connectivity index (χ3n) is 4.99. The monoisotopic (exact) mass is 371 g/mol. The van der Waals surface area contributed by atoms with E-state index in [9.17, 15) is 4.79 Å². The van der Waals surface area contributed by atoms with Crippen molar-refractivity contribution in [1.82, 2.24) is 9.97 Å². The first-order chi connectivity index (χ1) is 13.1. The molecule has 144 valence electrons. The van der Waals surface area contributed by atoms with Gasteiger partial charge in [-0.2, -0.15) is 4.98 Å². The second kappa shape index (κ2) is 8.92. The highest BCUT2D eigenvalue weighted by atomic mass is 16.5. The average Bonchev–Trinajstić information content (AvgIpc) is 2.69. The van der Waals surface area contributed by atoms with Gasteiger partial charge in [0, 0.05) is 25.5 Å². The van der Waals surface area contributed by atoms with Crippen LogP contribution >= 0.6 is 0 Å². The summed E-state index contributed by atoms with van der Waals surface area (Å²) in [5.41, 5.74) is 2.33. The van der Waals surface area contributed by atoms with Gasteiger partial charge in [0.15, 0.2) is 0 Å². The third-order valence-corrected chi connectivity index (χ3v) is 4.99. The fourth-order valence-electron chi connectivity index (χ4n) is 3.42. The number of hydrogen-bond donors (Lipinski definition) is 3. The molecule has 0 unspecified atom stereocenters. The molecule has 4 N–H and O–H groups in total. The predicted molar refractivity (Wildman–Crippen MR) is 103 cm³/mol. The molecule has 0 radical (unpaired) electrons. The summed E-state index contributed by atoms with van der Waals surface area (Å²) in [6, 6.07) is 6.29. The lowest BCUT2D eigenvalue weighted by atomic mass is 10.0. The molecule has 1 fully saturated rings. The van der Waals surface area contributed by atoms with Crippen LogP contribution in [-0.2, 0) is 17.6 Å². The number of methoxy groups -OCH3 is 1. The number of benzene rings is 1. The number of H-pyrrole nitrogens is 1. The summed E-state index contributed by atoms with van der Waals surface area (Å²) in [6.45, 7) is 3.54. The first-order valence-corrected chi connectivity index (χ1v) is 9.36. The SMILES string of the molecule is CCc1cc(OC)ccc1Cc1nc([NH2+]C2CCOCC2)c(C=N)c(=O)[nH]1. The molecule has 3 rings (SSSR count). The summed E-state index contributed by atoms with van der Waals surface area (Å²) < 4.78 is 10.7. The Bertz CT molecular complexity index is 857. The third kappa shape index (κ3) is 4.61. The van der Waals surface area contributed by atoms with Crippen molar-refractivity contribution in [1.29, 1.82) is 5.41 Å². The Morgan fingerprint density at radius 1 is 1.37 bits per heavy atom. The van der Waals surface area contributed by atoms with Gasteiger partial charge in [-0.25, -0.2) is 0 Å². The van der Waals surface area contributed by atoms with Gasteiger partial charge in [0.05, 0.1) is 26.4 Å². The Morgan fingerprint density at radius 3 is 2.81 bits per heavy atom. The number of ether oxygens (including phenoxy) is 2. The number of nitrogens with zero attached hydrogens (tertiary/aromatic N) is 1. The number of nitrogens with one attached hydrogen (secondary N) is 2. The van der Waals surface area contributed by atoms with Crippen LogP contribution in [0, 0.1) is 5.41 Å². The highest BCUT2D eigenvalue weighted by Crippen LogP contribution is 2.20. The Hall–Kier alpha value is -2.51. The second-order valence-electron chi connectivity index (χ2n) is 6.74. The van der Waals surface area contributed by atoms with Gasteiger partial charge in [-0.3, -0.25) is 10.1 Å². The molecule has 0 amide bonds. The standard InChI is InChI=1S/C20H26N4O3/c1-3-13-10-16(26-2)5-4-14(13)11-18-23-19(17(12-21)20(25)24-18)22-15-6-8-27-9-7-15/h4-5,10,12,15,21H,3,6-9,11H2,1-2H3,(H2,22,23,24,25)/p+1. The van der Waals surface area contributed by atoms with Crippen LogP contribution in [0.3, 0.4) is 0 Å². The topological polar surface area (TPSA) is 105 Å². The van der Waals surface area contributed by atoms with Crippen LogP contribution < -0.4 is 15.6 Å². The minimum absolute atomic E-state index is 0.264. The molecule has 1 aliphatic heterocycles. The molecule has 7 heteroatoms. The van der Waals surface area contributed by atoms with Crippen molar-refractivity contribution < 1.29 is 14.8 Å². The molecule has 7 nitrogen and oxygen atoms in total. The van der Waals surface area contributed by atoms with Crippen LogP contribution in [0.15, 0.2) is 23.0 Å². The second-order valence-corrected chi connectivity index (χ2v) is 6.74. The molecule has 0 spiro atoms. The zero-order valence-corrected chi connectivity index (χ0v) is 15.9. The van der Waals surface area contributed by atoms with E-state index in [2.05, 4.69) is 16.9 Å². The van der Waals surface area contributed by atoms with Crippen molar-refractivity contribution in [3.8, 4) is 5.75 Å². The highest BCUT2D eigenvalue weighted by Gasteiger charge is 2.22. The first kappa shape index (κ1) is 19.3.